The number of hydrogen-bond donors (Lipinski definition) is 0. The van der Waals surface area contributed by atoms with Crippen LogP contribution in [-0.2, 0) is 11.2 Å². The van der Waals surface area contributed by atoms with Gasteiger partial charge in [-0.1, -0.05) is 32.4 Å². The predicted octanol–water partition coefficient (Wildman–Crippen LogP) is 3.26. The van der Waals surface area contributed by atoms with Crippen molar-refractivity contribution in [2.24, 2.45) is 5.41 Å². The molecule has 1 atom stereocenters. The maximum atomic E-state index is 12.1. The lowest BCUT2D eigenvalue weighted by molar-refractivity contribution is -0.132. The summed E-state index contributed by atoms with van der Waals surface area (Å²) in [6, 6.07) is 5.48. The highest BCUT2D eigenvalue weighted by atomic mass is 35.5. The second kappa shape index (κ2) is 3.77. The molecule has 0 saturated carbocycles. The minimum atomic E-state index is -0.365. The molecule has 86 valence electrons. The Balaban J connectivity index is 2.20. The fourth-order valence-electron chi connectivity index (χ4n) is 1.85. The molecule has 1 aromatic carbocycles. The predicted molar refractivity (Wildman–Crippen MR) is 64.0 cm³/mol. The highest BCUT2D eigenvalue weighted by molar-refractivity contribution is 6.30. The van der Waals surface area contributed by atoms with Crippen LogP contribution in [0.2, 0.25) is 5.02 Å². The van der Waals surface area contributed by atoms with Gasteiger partial charge in [0.15, 0.2) is 11.9 Å². The van der Waals surface area contributed by atoms with Crippen LogP contribution in [0.4, 0.5) is 0 Å². The number of hydrogen-bond acceptors (Lipinski definition) is 2. The molecule has 0 spiro atoms. The number of Topliss-reactive ketones (excluding diaryl/α,β-unsaturated/α-hetero) is 1. The van der Waals surface area contributed by atoms with E-state index in [1.165, 1.54) is 0 Å². The first kappa shape index (κ1) is 11.5. The highest BCUT2D eigenvalue weighted by Crippen LogP contribution is 2.33. The lowest BCUT2D eigenvalue weighted by atomic mass is 9.86. The Labute approximate surface area is 101 Å². The first-order valence-corrected chi connectivity index (χ1v) is 5.75. The van der Waals surface area contributed by atoms with Gasteiger partial charge in [0.2, 0.25) is 0 Å². The molecule has 1 aromatic rings. The van der Waals surface area contributed by atoms with Gasteiger partial charge >= 0.3 is 0 Å². The van der Waals surface area contributed by atoms with Crippen molar-refractivity contribution in [3.8, 4) is 5.75 Å². The van der Waals surface area contributed by atoms with Gasteiger partial charge in [-0.25, -0.2) is 0 Å². The summed E-state index contributed by atoms with van der Waals surface area (Å²) in [6.45, 7) is 5.73. The Morgan fingerprint density at radius 1 is 1.44 bits per heavy atom. The van der Waals surface area contributed by atoms with E-state index in [0.717, 1.165) is 11.3 Å². The van der Waals surface area contributed by atoms with Gasteiger partial charge in [-0.3, -0.25) is 4.79 Å². The number of ketones is 1. The van der Waals surface area contributed by atoms with Crippen molar-refractivity contribution in [2.45, 2.75) is 33.3 Å². The zero-order valence-corrected chi connectivity index (χ0v) is 10.5. The molecule has 16 heavy (non-hydrogen) atoms. The van der Waals surface area contributed by atoms with Gasteiger partial charge in [0.25, 0.3) is 0 Å². The molecule has 2 nitrogen and oxygen atoms in total. The fourth-order valence-corrected chi connectivity index (χ4v) is 2.04. The van der Waals surface area contributed by atoms with E-state index in [-0.39, 0.29) is 17.3 Å². The van der Waals surface area contributed by atoms with Crippen LogP contribution >= 0.6 is 11.6 Å². The topological polar surface area (TPSA) is 26.3 Å². The van der Waals surface area contributed by atoms with Gasteiger partial charge in [-0.05, 0) is 23.8 Å². The second-order valence-electron chi connectivity index (χ2n) is 5.18. The van der Waals surface area contributed by atoms with Gasteiger partial charge in [0, 0.05) is 16.9 Å². The summed E-state index contributed by atoms with van der Waals surface area (Å²) < 4.78 is 5.64. The normalized spacial score (nSPS) is 19.1. The highest BCUT2D eigenvalue weighted by Gasteiger charge is 2.35. The van der Waals surface area contributed by atoms with Gasteiger partial charge < -0.3 is 4.74 Å². The molecule has 0 radical (unpaired) electrons. The Kier molecular flexibility index (Phi) is 2.70. The summed E-state index contributed by atoms with van der Waals surface area (Å²) in [5.41, 5.74) is 0.659. The number of rotatable bonds is 1. The van der Waals surface area contributed by atoms with Crippen LogP contribution in [0.15, 0.2) is 18.2 Å². The molecule has 2 rings (SSSR count). The van der Waals surface area contributed by atoms with E-state index in [2.05, 4.69) is 0 Å². The quantitative estimate of drug-likeness (QED) is 0.751. The van der Waals surface area contributed by atoms with Crippen molar-refractivity contribution < 1.29 is 9.53 Å². The summed E-state index contributed by atoms with van der Waals surface area (Å²) in [6.07, 6.45) is 0.278. The maximum Gasteiger partial charge on any atom is 0.178 e. The monoisotopic (exact) mass is 238 g/mol. The van der Waals surface area contributed by atoms with Crippen LogP contribution in [0.3, 0.4) is 0 Å². The molecule has 0 N–H and O–H groups in total. The number of carbonyl (C=O) groups excluding carboxylic acids is 1. The molecule has 3 heteroatoms. The van der Waals surface area contributed by atoms with Crippen molar-refractivity contribution in [3.05, 3.63) is 28.8 Å². The lowest BCUT2D eigenvalue weighted by Crippen LogP contribution is -2.35. The first-order chi connectivity index (χ1) is 7.38. The van der Waals surface area contributed by atoms with Crippen LogP contribution in [0.25, 0.3) is 0 Å². The molecular weight excluding hydrogens is 224 g/mol. The van der Waals surface area contributed by atoms with Gasteiger partial charge in [-0.15, -0.1) is 0 Å². The molecule has 0 bridgehead atoms. The molecule has 1 aliphatic rings. The zero-order valence-electron chi connectivity index (χ0n) is 9.71. The lowest BCUT2D eigenvalue weighted by Gasteiger charge is -2.20. The average molecular weight is 239 g/mol. The van der Waals surface area contributed by atoms with E-state index >= 15 is 0 Å². The van der Waals surface area contributed by atoms with Gasteiger partial charge in [0.05, 0.1) is 0 Å². The number of ether oxygens (including phenoxy) is 1. The SMILES string of the molecule is CC(C)(C)C(=O)C1Cc2cc(Cl)ccc2O1. The summed E-state index contributed by atoms with van der Waals surface area (Å²) in [5.74, 6) is 0.923. The Bertz CT molecular complexity index is 432. The Morgan fingerprint density at radius 2 is 2.12 bits per heavy atom. The van der Waals surface area contributed by atoms with E-state index in [1.54, 1.807) is 6.07 Å². The van der Waals surface area contributed by atoms with Crippen LogP contribution in [0.1, 0.15) is 26.3 Å². The summed E-state index contributed by atoms with van der Waals surface area (Å²) in [4.78, 5) is 12.1. The molecule has 1 unspecified atom stereocenters. The number of benzene rings is 1. The van der Waals surface area contributed by atoms with Crippen molar-refractivity contribution >= 4 is 17.4 Å². The molecule has 0 aliphatic carbocycles. The third-order valence-corrected chi connectivity index (χ3v) is 2.96. The van der Waals surface area contributed by atoms with Crippen LogP contribution < -0.4 is 4.74 Å². The fraction of sp³-hybridized carbons (Fsp3) is 0.462. The van der Waals surface area contributed by atoms with Crippen LogP contribution in [-0.4, -0.2) is 11.9 Å². The van der Waals surface area contributed by atoms with Gasteiger partial charge in [-0.2, -0.15) is 0 Å². The minimum absolute atomic E-state index is 0.139. The third-order valence-electron chi connectivity index (χ3n) is 2.73. The van der Waals surface area contributed by atoms with Crippen molar-refractivity contribution in [1.82, 2.24) is 0 Å². The smallest absolute Gasteiger partial charge is 0.178 e. The first-order valence-electron chi connectivity index (χ1n) is 5.37. The number of fused-ring (bicyclic) bond motifs is 1. The van der Waals surface area contributed by atoms with Gasteiger partial charge in [0.1, 0.15) is 5.75 Å². The summed E-state index contributed by atoms with van der Waals surface area (Å²) in [5, 5.41) is 0.686. The maximum absolute atomic E-state index is 12.1. The largest absolute Gasteiger partial charge is 0.482 e. The zero-order chi connectivity index (χ0) is 11.9. The average Bonchev–Trinajstić information content (AvgIpc) is 2.57. The second-order valence-corrected chi connectivity index (χ2v) is 5.61. The third kappa shape index (κ3) is 2.07. The summed E-state index contributed by atoms with van der Waals surface area (Å²) in [7, 11) is 0. The Hall–Kier alpha value is -1.02. The van der Waals surface area contributed by atoms with E-state index in [1.807, 2.05) is 32.9 Å². The van der Waals surface area contributed by atoms with E-state index < -0.39 is 0 Å². The van der Waals surface area contributed by atoms with E-state index in [4.69, 9.17) is 16.3 Å². The molecule has 0 amide bonds. The number of halogens is 1. The molecule has 0 saturated heterocycles. The van der Waals surface area contributed by atoms with E-state index in [9.17, 15) is 4.79 Å². The van der Waals surface area contributed by atoms with E-state index in [0.29, 0.717) is 11.4 Å². The van der Waals surface area contributed by atoms with Crippen LogP contribution in [0.5, 0.6) is 5.75 Å². The molecule has 0 fully saturated rings. The molecular formula is C13H15ClO2. The van der Waals surface area contributed by atoms with Crippen LogP contribution in [0, 0.1) is 5.41 Å². The molecule has 0 aromatic heterocycles. The standard InChI is InChI=1S/C13H15ClO2/c1-13(2,3)12(15)11-7-8-6-9(14)4-5-10(8)16-11/h4-6,11H,7H2,1-3H3. The van der Waals surface area contributed by atoms with Crippen molar-refractivity contribution in [2.75, 3.05) is 0 Å². The molecule has 1 heterocycles. The summed E-state index contributed by atoms with van der Waals surface area (Å²) >= 11 is 5.90. The molecule has 1 aliphatic heterocycles. The van der Waals surface area contributed by atoms with Crippen molar-refractivity contribution in [3.63, 3.8) is 0 Å². The minimum Gasteiger partial charge on any atom is -0.482 e. The Morgan fingerprint density at radius 3 is 2.75 bits per heavy atom. The number of carbonyl (C=O) groups is 1. The van der Waals surface area contributed by atoms with Crippen molar-refractivity contribution in [1.29, 1.82) is 0 Å².